The molecular formula is C17H14FN3O3. The molecule has 3 aromatic rings. The molecule has 0 saturated carbocycles. The molecule has 0 aliphatic carbocycles. The molecule has 0 radical (unpaired) electrons. The molecule has 0 fully saturated rings. The number of benzene rings is 1. The molecule has 0 saturated heterocycles. The highest BCUT2D eigenvalue weighted by Gasteiger charge is 2.18. The Kier molecular flexibility index (Phi) is 4.24. The van der Waals surface area contributed by atoms with Crippen LogP contribution in [0, 0.1) is 5.82 Å². The second-order valence-electron chi connectivity index (χ2n) is 5.15. The predicted molar refractivity (Wildman–Crippen MR) is 85.9 cm³/mol. The van der Waals surface area contributed by atoms with Crippen LogP contribution >= 0.6 is 0 Å². The van der Waals surface area contributed by atoms with Crippen LogP contribution < -0.4 is 10.9 Å². The average molecular weight is 327 g/mol. The zero-order valence-electron chi connectivity index (χ0n) is 12.8. The van der Waals surface area contributed by atoms with Crippen LogP contribution in [0.15, 0.2) is 64.0 Å². The highest BCUT2D eigenvalue weighted by atomic mass is 19.1. The molecule has 1 atom stereocenters. The Morgan fingerprint density at radius 3 is 2.62 bits per heavy atom. The maximum atomic E-state index is 12.9. The maximum Gasteiger partial charge on any atom is 0.267 e. The van der Waals surface area contributed by atoms with Crippen molar-refractivity contribution in [2.24, 2.45) is 0 Å². The van der Waals surface area contributed by atoms with Crippen LogP contribution in [-0.4, -0.2) is 15.7 Å². The number of aromatic nitrogens is 2. The summed E-state index contributed by atoms with van der Waals surface area (Å²) in [5.74, 6) is -0.340. The number of carbonyl (C=O) groups is 1. The third-order valence-electron chi connectivity index (χ3n) is 3.46. The largest absolute Gasteiger partial charge is 0.463 e. The lowest BCUT2D eigenvalue weighted by Gasteiger charge is -2.14. The number of hydrogen-bond donors (Lipinski definition) is 1. The average Bonchev–Trinajstić information content (AvgIpc) is 3.11. The number of nitrogens with one attached hydrogen (secondary N) is 1. The van der Waals surface area contributed by atoms with Crippen molar-refractivity contribution in [3.8, 4) is 11.5 Å². The van der Waals surface area contributed by atoms with Crippen LogP contribution in [0.2, 0.25) is 0 Å². The first-order chi connectivity index (χ1) is 11.5. The van der Waals surface area contributed by atoms with Gasteiger partial charge in [0.1, 0.15) is 17.6 Å². The quantitative estimate of drug-likeness (QED) is 0.799. The lowest BCUT2D eigenvalue weighted by molar-refractivity contribution is -0.119. The van der Waals surface area contributed by atoms with Gasteiger partial charge in [-0.05, 0) is 49.4 Å². The van der Waals surface area contributed by atoms with Crippen molar-refractivity contribution >= 4 is 11.6 Å². The van der Waals surface area contributed by atoms with Crippen molar-refractivity contribution < 1.29 is 13.6 Å². The normalized spacial score (nSPS) is 11.9. The van der Waals surface area contributed by atoms with E-state index in [4.69, 9.17) is 4.42 Å². The number of nitrogens with zero attached hydrogens (tertiary/aromatic N) is 2. The summed E-state index contributed by atoms with van der Waals surface area (Å²) >= 11 is 0. The predicted octanol–water partition coefficient (Wildman–Crippen LogP) is 2.84. The van der Waals surface area contributed by atoms with Gasteiger partial charge in [-0.3, -0.25) is 9.59 Å². The molecule has 6 nitrogen and oxygen atoms in total. The summed E-state index contributed by atoms with van der Waals surface area (Å²) in [6.07, 6.45) is 1.50. The van der Waals surface area contributed by atoms with Gasteiger partial charge in [0, 0.05) is 11.8 Å². The van der Waals surface area contributed by atoms with Crippen LogP contribution in [0.3, 0.4) is 0 Å². The van der Waals surface area contributed by atoms with Crippen molar-refractivity contribution in [2.75, 3.05) is 5.32 Å². The standard InChI is InChI=1S/C17H14FN3O3/c1-11(17(23)19-13-6-4-12(18)5-7-13)21-16(22)9-8-14(20-21)15-3-2-10-24-15/h2-11H,1H3,(H,19,23). The SMILES string of the molecule is CC(C(=O)Nc1ccc(F)cc1)n1nc(-c2ccco2)ccc1=O. The minimum Gasteiger partial charge on any atom is -0.463 e. The monoisotopic (exact) mass is 327 g/mol. The highest BCUT2D eigenvalue weighted by Crippen LogP contribution is 2.17. The fraction of sp³-hybridized carbons (Fsp3) is 0.118. The van der Waals surface area contributed by atoms with E-state index in [1.165, 1.54) is 42.7 Å². The van der Waals surface area contributed by atoms with Crippen molar-refractivity contribution in [3.05, 3.63) is 71.0 Å². The van der Waals surface area contributed by atoms with E-state index in [1.807, 2.05) is 0 Å². The van der Waals surface area contributed by atoms with E-state index >= 15 is 0 Å². The maximum absolute atomic E-state index is 12.9. The second-order valence-corrected chi connectivity index (χ2v) is 5.15. The van der Waals surface area contributed by atoms with Gasteiger partial charge in [0.05, 0.1) is 6.26 Å². The van der Waals surface area contributed by atoms with Crippen LogP contribution in [-0.2, 0) is 4.79 Å². The summed E-state index contributed by atoms with van der Waals surface area (Å²) in [7, 11) is 0. The van der Waals surface area contributed by atoms with Gasteiger partial charge in [-0.15, -0.1) is 0 Å². The Bertz CT molecular complexity index is 902. The van der Waals surface area contributed by atoms with E-state index in [1.54, 1.807) is 19.1 Å². The number of furan rings is 1. The summed E-state index contributed by atoms with van der Waals surface area (Å²) in [6, 6.07) is 10.8. The topological polar surface area (TPSA) is 77.1 Å². The lowest BCUT2D eigenvalue weighted by Crippen LogP contribution is -2.33. The van der Waals surface area contributed by atoms with Gasteiger partial charge >= 0.3 is 0 Å². The Balaban J connectivity index is 1.84. The molecule has 3 rings (SSSR count). The molecule has 1 amide bonds. The van der Waals surface area contributed by atoms with E-state index in [-0.39, 0.29) is 0 Å². The third-order valence-corrected chi connectivity index (χ3v) is 3.46. The number of halogens is 1. The smallest absolute Gasteiger partial charge is 0.267 e. The molecule has 122 valence electrons. The lowest BCUT2D eigenvalue weighted by atomic mass is 10.2. The number of amides is 1. The van der Waals surface area contributed by atoms with Gasteiger partial charge in [-0.25, -0.2) is 9.07 Å². The van der Waals surface area contributed by atoms with Crippen molar-refractivity contribution in [1.29, 1.82) is 0 Å². The van der Waals surface area contributed by atoms with Gasteiger partial charge in [-0.2, -0.15) is 5.10 Å². The Hall–Kier alpha value is -3.22. The van der Waals surface area contributed by atoms with Crippen LogP contribution in [0.5, 0.6) is 0 Å². The van der Waals surface area contributed by atoms with E-state index in [0.717, 1.165) is 4.68 Å². The summed E-state index contributed by atoms with van der Waals surface area (Å²) < 4.78 is 19.2. The van der Waals surface area contributed by atoms with Gasteiger partial charge in [-0.1, -0.05) is 0 Å². The molecule has 1 N–H and O–H groups in total. The molecule has 2 aromatic heterocycles. The first-order valence-electron chi connectivity index (χ1n) is 7.25. The first-order valence-corrected chi connectivity index (χ1v) is 7.25. The molecule has 2 heterocycles. The van der Waals surface area contributed by atoms with Crippen LogP contribution in [0.1, 0.15) is 13.0 Å². The van der Waals surface area contributed by atoms with Crippen molar-refractivity contribution in [3.63, 3.8) is 0 Å². The van der Waals surface area contributed by atoms with Crippen LogP contribution in [0.25, 0.3) is 11.5 Å². The minimum absolute atomic E-state index is 0.398. The zero-order chi connectivity index (χ0) is 17.1. The minimum atomic E-state index is -0.850. The number of rotatable bonds is 4. The van der Waals surface area contributed by atoms with E-state index in [9.17, 15) is 14.0 Å². The molecule has 0 spiro atoms. The Morgan fingerprint density at radius 1 is 1.21 bits per heavy atom. The number of hydrogen-bond acceptors (Lipinski definition) is 4. The highest BCUT2D eigenvalue weighted by molar-refractivity contribution is 5.93. The summed E-state index contributed by atoms with van der Waals surface area (Å²) in [6.45, 7) is 1.55. The summed E-state index contributed by atoms with van der Waals surface area (Å²) in [4.78, 5) is 24.3. The van der Waals surface area contributed by atoms with Gasteiger partial charge in [0.2, 0.25) is 5.91 Å². The van der Waals surface area contributed by atoms with Crippen molar-refractivity contribution in [1.82, 2.24) is 9.78 Å². The summed E-state index contributed by atoms with van der Waals surface area (Å²) in [5, 5.41) is 6.80. The number of anilines is 1. The molecule has 0 bridgehead atoms. The fourth-order valence-electron chi connectivity index (χ4n) is 2.15. The van der Waals surface area contributed by atoms with E-state index < -0.39 is 23.3 Å². The molecular weight excluding hydrogens is 313 g/mol. The zero-order valence-corrected chi connectivity index (χ0v) is 12.8. The molecule has 7 heteroatoms. The van der Waals surface area contributed by atoms with Crippen molar-refractivity contribution in [2.45, 2.75) is 13.0 Å². The second kappa shape index (κ2) is 6.49. The number of carbonyl (C=O) groups excluding carboxylic acids is 1. The molecule has 24 heavy (non-hydrogen) atoms. The van der Waals surface area contributed by atoms with Gasteiger partial charge in [0.25, 0.3) is 5.56 Å². The summed E-state index contributed by atoms with van der Waals surface area (Å²) in [5.41, 5.74) is 0.469. The van der Waals surface area contributed by atoms with Crippen LogP contribution in [0.4, 0.5) is 10.1 Å². The fourth-order valence-corrected chi connectivity index (χ4v) is 2.15. The Labute approximate surface area is 136 Å². The molecule has 1 unspecified atom stereocenters. The van der Waals surface area contributed by atoms with E-state index in [2.05, 4.69) is 10.4 Å². The first kappa shape index (κ1) is 15.7. The molecule has 0 aliphatic heterocycles. The van der Waals surface area contributed by atoms with Gasteiger partial charge in [0.15, 0.2) is 5.76 Å². The Morgan fingerprint density at radius 2 is 1.96 bits per heavy atom. The van der Waals surface area contributed by atoms with E-state index in [0.29, 0.717) is 17.1 Å². The third kappa shape index (κ3) is 3.24. The van der Waals surface area contributed by atoms with Gasteiger partial charge < -0.3 is 9.73 Å². The molecule has 0 aliphatic rings. The molecule has 1 aromatic carbocycles.